The molecule has 0 aliphatic carbocycles. The number of carbonyl (C=O) groups is 1. The molecule has 7 heteroatoms. The van der Waals surface area contributed by atoms with Gasteiger partial charge in [0.2, 0.25) is 10.0 Å². The summed E-state index contributed by atoms with van der Waals surface area (Å²) in [5.74, 6) is -2.35. The first-order chi connectivity index (χ1) is 5.75. The van der Waals surface area contributed by atoms with Gasteiger partial charge in [-0.25, -0.2) is 12.7 Å². The van der Waals surface area contributed by atoms with Gasteiger partial charge in [-0.05, 0) is 6.92 Å². The summed E-state index contributed by atoms with van der Waals surface area (Å²) in [6, 6.07) is 0. The van der Waals surface area contributed by atoms with Crippen molar-refractivity contribution in [2.45, 2.75) is 13.0 Å². The van der Waals surface area contributed by atoms with Crippen LogP contribution in [-0.4, -0.2) is 54.4 Å². The van der Waals surface area contributed by atoms with Crippen LogP contribution in [0, 0.1) is 0 Å². The summed E-state index contributed by atoms with van der Waals surface area (Å²) in [5.41, 5.74) is 0. The van der Waals surface area contributed by atoms with Crippen LogP contribution in [0.15, 0.2) is 0 Å². The van der Waals surface area contributed by atoms with Gasteiger partial charge >= 0.3 is 5.97 Å². The highest BCUT2D eigenvalue weighted by Crippen LogP contribution is 1.99. The van der Waals surface area contributed by atoms with Gasteiger partial charge in [-0.2, -0.15) is 0 Å². The second-order valence-corrected chi connectivity index (χ2v) is 4.86. The molecular weight excluding hydrogens is 198 g/mol. The van der Waals surface area contributed by atoms with E-state index in [4.69, 9.17) is 10.2 Å². The van der Waals surface area contributed by atoms with Crippen molar-refractivity contribution in [3.05, 3.63) is 0 Å². The number of carboxylic acids is 1. The molecule has 0 aliphatic rings. The van der Waals surface area contributed by atoms with Gasteiger partial charge in [0.15, 0.2) is 5.75 Å². The summed E-state index contributed by atoms with van der Waals surface area (Å²) in [6.07, 6.45) is -0.812. The summed E-state index contributed by atoms with van der Waals surface area (Å²) >= 11 is 0. The molecule has 0 spiro atoms. The molecule has 0 fully saturated rings. The number of aliphatic hydroxyl groups is 1. The molecule has 0 rings (SSSR count). The van der Waals surface area contributed by atoms with Crippen molar-refractivity contribution in [2.75, 3.05) is 19.3 Å². The number of hydrogen-bond acceptors (Lipinski definition) is 4. The van der Waals surface area contributed by atoms with Crippen LogP contribution in [0.4, 0.5) is 0 Å². The van der Waals surface area contributed by atoms with Crippen LogP contribution in [0.25, 0.3) is 0 Å². The molecule has 0 aromatic heterocycles. The molecule has 0 amide bonds. The molecule has 2 N–H and O–H groups in total. The molecule has 0 radical (unpaired) electrons. The van der Waals surface area contributed by atoms with E-state index in [1.165, 1.54) is 14.0 Å². The molecule has 0 saturated carbocycles. The third-order valence-corrected chi connectivity index (χ3v) is 3.01. The zero-order valence-corrected chi connectivity index (χ0v) is 8.28. The van der Waals surface area contributed by atoms with Crippen LogP contribution in [-0.2, 0) is 14.8 Å². The van der Waals surface area contributed by atoms with Crippen LogP contribution in [0.2, 0.25) is 0 Å². The Morgan fingerprint density at radius 2 is 2.00 bits per heavy atom. The predicted molar refractivity (Wildman–Crippen MR) is 45.7 cm³/mol. The van der Waals surface area contributed by atoms with Crippen molar-refractivity contribution in [2.24, 2.45) is 0 Å². The van der Waals surface area contributed by atoms with Crippen molar-refractivity contribution in [1.82, 2.24) is 4.31 Å². The molecule has 1 atom stereocenters. The Labute approximate surface area is 76.8 Å². The highest BCUT2D eigenvalue weighted by atomic mass is 32.2. The fourth-order valence-corrected chi connectivity index (χ4v) is 1.73. The number of rotatable bonds is 5. The second-order valence-electron chi connectivity index (χ2n) is 2.78. The maximum absolute atomic E-state index is 11.1. The lowest BCUT2D eigenvalue weighted by molar-refractivity contribution is -0.134. The first kappa shape index (κ1) is 12.3. The number of likely N-dealkylation sites (N-methyl/N-ethyl adjacent to an activating group) is 1. The summed E-state index contributed by atoms with van der Waals surface area (Å²) in [4.78, 5) is 10.1. The monoisotopic (exact) mass is 211 g/mol. The van der Waals surface area contributed by atoms with E-state index in [2.05, 4.69) is 0 Å². The third-order valence-electron chi connectivity index (χ3n) is 1.30. The van der Waals surface area contributed by atoms with Crippen molar-refractivity contribution in [1.29, 1.82) is 0 Å². The van der Waals surface area contributed by atoms with Crippen molar-refractivity contribution >= 4 is 16.0 Å². The van der Waals surface area contributed by atoms with E-state index in [0.29, 0.717) is 0 Å². The number of sulfonamides is 1. The largest absolute Gasteiger partial charge is 0.480 e. The molecule has 13 heavy (non-hydrogen) atoms. The lowest BCUT2D eigenvalue weighted by atomic mass is 10.4. The van der Waals surface area contributed by atoms with E-state index < -0.39 is 27.8 Å². The van der Waals surface area contributed by atoms with E-state index in [1.807, 2.05) is 0 Å². The third kappa shape index (κ3) is 4.81. The number of hydrogen-bond donors (Lipinski definition) is 2. The van der Waals surface area contributed by atoms with Gasteiger partial charge in [-0.1, -0.05) is 0 Å². The smallest absolute Gasteiger partial charge is 0.320 e. The zero-order chi connectivity index (χ0) is 10.6. The molecule has 6 nitrogen and oxygen atoms in total. The molecular formula is C6H13NO5S. The van der Waals surface area contributed by atoms with Crippen LogP contribution in [0.1, 0.15) is 6.92 Å². The first-order valence-corrected chi connectivity index (χ1v) is 5.20. The molecule has 0 aliphatic heterocycles. The number of aliphatic hydroxyl groups excluding tert-OH is 1. The average molecular weight is 211 g/mol. The molecule has 0 aromatic carbocycles. The maximum Gasteiger partial charge on any atom is 0.320 e. The molecule has 0 bridgehead atoms. The highest BCUT2D eigenvalue weighted by Gasteiger charge is 2.22. The van der Waals surface area contributed by atoms with Crippen LogP contribution in [0.3, 0.4) is 0 Å². The van der Waals surface area contributed by atoms with Gasteiger partial charge in [0.25, 0.3) is 0 Å². The Bertz CT molecular complexity index is 271. The zero-order valence-electron chi connectivity index (χ0n) is 7.47. The maximum atomic E-state index is 11.1. The van der Waals surface area contributed by atoms with E-state index in [9.17, 15) is 13.2 Å². The van der Waals surface area contributed by atoms with Gasteiger partial charge in [0.05, 0.1) is 6.10 Å². The van der Waals surface area contributed by atoms with Crippen molar-refractivity contribution < 1.29 is 23.4 Å². The van der Waals surface area contributed by atoms with E-state index in [1.54, 1.807) is 0 Å². The highest BCUT2D eigenvalue weighted by molar-refractivity contribution is 7.89. The summed E-state index contributed by atoms with van der Waals surface area (Å²) in [5, 5.41) is 17.1. The van der Waals surface area contributed by atoms with Gasteiger partial charge in [0.1, 0.15) is 0 Å². The van der Waals surface area contributed by atoms with E-state index in [-0.39, 0.29) is 6.54 Å². The normalized spacial score (nSPS) is 14.5. The van der Waals surface area contributed by atoms with Gasteiger partial charge in [-0.15, -0.1) is 0 Å². The van der Waals surface area contributed by atoms with Crippen LogP contribution in [0.5, 0.6) is 0 Å². The van der Waals surface area contributed by atoms with Gasteiger partial charge in [0, 0.05) is 13.6 Å². The quantitative estimate of drug-likeness (QED) is 0.590. The van der Waals surface area contributed by atoms with Crippen LogP contribution >= 0.6 is 0 Å². The Balaban J connectivity index is 4.37. The average Bonchev–Trinajstić information content (AvgIpc) is 1.81. The Kier molecular flexibility index (Phi) is 4.31. The summed E-state index contributed by atoms with van der Waals surface area (Å²) in [6.45, 7) is 1.32. The number of aliphatic carboxylic acids is 1. The van der Waals surface area contributed by atoms with Gasteiger partial charge < -0.3 is 10.2 Å². The van der Waals surface area contributed by atoms with Crippen molar-refractivity contribution in [3.63, 3.8) is 0 Å². The minimum absolute atomic E-state index is 0.102. The topological polar surface area (TPSA) is 94.9 Å². The second kappa shape index (κ2) is 4.54. The summed E-state index contributed by atoms with van der Waals surface area (Å²) in [7, 11) is -2.55. The fourth-order valence-electron chi connectivity index (χ4n) is 0.752. The Morgan fingerprint density at radius 1 is 1.54 bits per heavy atom. The molecule has 78 valence electrons. The molecule has 0 heterocycles. The number of carboxylic acid groups (broad SMARTS) is 1. The minimum Gasteiger partial charge on any atom is -0.480 e. The fraction of sp³-hybridized carbons (Fsp3) is 0.833. The first-order valence-electron chi connectivity index (χ1n) is 3.59. The van der Waals surface area contributed by atoms with Crippen molar-refractivity contribution in [3.8, 4) is 0 Å². The molecule has 0 saturated heterocycles. The predicted octanol–water partition coefficient (Wildman–Crippen LogP) is -1.29. The van der Waals surface area contributed by atoms with Gasteiger partial charge in [-0.3, -0.25) is 4.79 Å². The molecule has 0 aromatic rings. The summed E-state index contributed by atoms with van der Waals surface area (Å²) < 4.78 is 23.0. The minimum atomic E-state index is -3.78. The Hall–Kier alpha value is -0.660. The van der Waals surface area contributed by atoms with E-state index in [0.717, 1.165) is 4.31 Å². The Morgan fingerprint density at radius 3 is 2.31 bits per heavy atom. The van der Waals surface area contributed by atoms with E-state index >= 15 is 0 Å². The lowest BCUT2D eigenvalue weighted by Crippen LogP contribution is -2.36. The number of nitrogens with zero attached hydrogens (tertiary/aromatic N) is 1. The SMILES string of the molecule is CC(O)CN(C)S(=O)(=O)CC(=O)O. The molecule has 1 unspecified atom stereocenters. The van der Waals surface area contributed by atoms with Crippen LogP contribution < -0.4 is 0 Å². The standard InChI is InChI=1S/C6H13NO5S/c1-5(8)3-7(2)13(11,12)4-6(9)10/h5,8H,3-4H2,1-2H3,(H,9,10). The lowest BCUT2D eigenvalue weighted by Gasteiger charge is -2.16.